The second-order valence-corrected chi connectivity index (χ2v) is 5.18. The molecule has 114 valence electrons. The number of ether oxygens (including phenoxy) is 1. The van der Waals surface area contributed by atoms with Crippen molar-refractivity contribution < 1.29 is 4.74 Å². The molecular formula is C15H21ClN4O. The first kappa shape index (κ1) is 15.8. The predicted molar refractivity (Wildman–Crippen MR) is 83.7 cm³/mol. The zero-order valence-corrected chi connectivity index (χ0v) is 13.4. The van der Waals surface area contributed by atoms with Crippen LogP contribution in [0, 0.1) is 0 Å². The normalized spacial score (nSPS) is 12.4. The van der Waals surface area contributed by atoms with Crippen molar-refractivity contribution >= 4 is 11.6 Å². The minimum absolute atomic E-state index is 0.216. The van der Waals surface area contributed by atoms with E-state index < -0.39 is 0 Å². The van der Waals surface area contributed by atoms with E-state index >= 15 is 0 Å². The lowest BCUT2D eigenvalue weighted by Crippen LogP contribution is -2.17. The molecule has 0 radical (unpaired) electrons. The molecule has 2 N–H and O–H groups in total. The molecule has 0 amide bonds. The highest BCUT2D eigenvalue weighted by molar-refractivity contribution is 6.31. The Kier molecular flexibility index (Phi) is 5.20. The lowest BCUT2D eigenvalue weighted by Gasteiger charge is -2.16. The Morgan fingerprint density at radius 1 is 1.43 bits per heavy atom. The molecule has 2 aromatic rings. The molecule has 2 aromatic heterocycles. The number of nitrogens with two attached hydrogens (primary N) is 1. The van der Waals surface area contributed by atoms with Crippen LogP contribution in [0.3, 0.4) is 0 Å². The molecule has 0 bridgehead atoms. The molecule has 2 heterocycles. The number of halogens is 1. The van der Waals surface area contributed by atoms with Crippen LogP contribution in [-0.2, 0) is 19.4 Å². The molecule has 2 rings (SSSR count). The van der Waals surface area contributed by atoms with Crippen LogP contribution in [0.25, 0.3) is 0 Å². The van der Waals surface area contributed by atoms with E-state index in [1.807, 2.05) is 24.6 Å². The summed E-state index contributed by atoms with van der Waals surface area (Å²) in [5, 5.41) is 5.25. The Hall–Kier alpha value is -1.59. The summed E-state index contributed by atoms with van der Waals surface area (Å²) in [7, 11) is 1.62. The summed E-state index contributed by atoms with van der Waals surface area (Å²) < 4.78 is 7.24. The summed E-state index contributed by atoms with van der Waals surface area (Å²) in [4.78, 5) is 4.05. The van der Waals surface area contributed by atoms with E-state index in [0.717, 1.165) is 34.9 Å². The maximum Gasteiger partial charge on any atom is 0.141 e. The molecule has 0 saturated heterocycles. The van der Waals surface area contributed by atoms with Crippen molar-refractivity contribution in [3.05, 3.63) is 40.4 Å². The molecule has 21 heavy (non-hydrogen) atoms. The average molecular weight is 309 g/mol. The second kappa shape index (κ2) is 6.91. The monoisotopic (exact) mass is 308 g/mol. The van der Waals surface area contributed by atoms with Gasteiger partial charge in [-0.3, -0.25) is 9.67 Å². The topological polar surface area (TPSA) is 66.0 Å². The van der Waals surface area contributed by atoms with Gasteiger partial charge in [-0.15, -0.1) is 0 Å². The molecular weight excluding hydrogens is 288 g/mol. The third-order valence-electron chi connectivity index (χ3n) is 3.54. The minimum atomic E-state index is -0.216. The van der Waals surface area contributed by atoms with Gasteiger partial charge in [0.2, 0.25) is 0 Å². The number of hydrogen-bond donors (Lipinski definition) is 1. The number of methoxy groups -OCH3 is 1. The smallest absolute Gasteiger partial charge is 0.141 e. The standard InChI is InChI=1S/C15H21ClN4O/c1-4-12-15(16)13(20(5-2)19-12)8-11(17)10-6-7-18-9-14(10)21-3/h6-7,9,11H,4-5,8,17H2,1-3H3. The summed E-state index contributed by atoms with van der Waals surface area (Å²) in [6, 6.07) is 1.66. The molecule has 6 heteroatoms. The van der Waals surface area contributed by atoms with Crippen molar-refractivity contribution in [1.29, 1.82) is 0 Å². The van der Waals surface area contributed by atoms with E-state index in [-0.39, 0.29) is 6.04 Å². The number of rotatable bonds is 6. The highest BCUT2D eigenvalue weighted by Crippen LogP contribution is 2.29. The number of aromatic nitrogens is 3. The van der Waals surface area contributed by atoms with Crippen molar-refractivity contribution in [3.8, 4) is 5.75 Å². The van der Waals surface area contributed by atoms with Gasteiger partial charge in [-0.25, -0.2) is 0 Å². The fourth-order valence-corrected chi connectivity index (χ4v) is 2.74. The van der Waals surface area contributed by atoms with Crippen molar-refractivity contribution in [2.75, 3.05) is 7.11 Å². The van der Waals surface area contributed by atoms with Gasteiger partial charge in [0.15, 0.2) is 0 Å². The SMILES string of the molecule is CCc1nn(CC)c(CC(N)c2ccncc2OC)c1Cl. The third-order valence-corrected chi connectivity index (χ3v) is 3.98. The van der Waals surface area contributed by atoms with Crippen molar-refractivity contribution in [1.82, 2.24) is 14.8 Å². The second-order valence-electron chi connectivity index (χ2n) is 4.80. The molecule has 0 fully saturated rings. The van der Waals surface area contributed by atoms with Gasteiger partial charge in [0.05, 0.1) is 29.7 Å². The quantitative estimate of drug-likeness (QED) is 0.891. The number of aryl methyl sites for hydroxylation is 2. The number of nitrogens with zero attached hydrogens (tertiary/aromatic N) is 3. The molecule has 5 nitrogen and oxygen atoms in total. The first-order valence-corrected chi connectivity index (χ1v) is 7.47. The minimum Gasteiger partial charge on any atom is -0.495 e. The summed E-state index contributed by atoms with van der Waals surface area (Å²) in [6.07, 6.45) is 4.81. The van der Waals surface area contributed by atoms with Gasteiger partial charge in [0, 0.05) is 30.8 Å². The predicted octanol–water partition coefficient (Wildman–Crippen LogP) is 2.76. The van der Waals surface area contributed by atoms with Gasteiger partial charge in [-0.2, -0.15) is 5.10 Å². The van der Waals surface area contributed by atoms with E-state index in [1.165, 1.54) is 0 Å². The van der Waals surface area contributed by atoms with Crippen molar-refractivity contribution in [3.63, 3.8) is 0 Å². The first-order valence-electron chi connectivity index (χ1n) is 7.09. The van der Waals surface area contributed by atoms with Crippen LogP contribution in [0.4, 0.5) is 0 Å². The van der Waals surface area contributed by atoms with Crippen LogP contribution >= 0.6 is 11.6 Å². The van der Waals surface area contributed by atoms with Crippen molar-refractivity contribution in [2.24, 2.45) is 5.73 Å². The Bertz CT molecular complexity index is 612. The molecule has 0 spiro atoms. The zero-order chi connectivity index (χ0) is 15.4. The Morgan fingerprint density at radius 3 is 2.81 bits per heavy atom. The van der Waals surface area contributed by atoms with Gasteiger partial charge in [0.1, 0.15) is 5.75 Å². The van der Waals surface area contributed by atoms with Gasteiger partial charge < -0.3 is 10.5 Å². The Balaban J connectivity index is 2.31. The maximum absolute atomic E-state index is 6.43. The van der Waals surface area contributed by atoms with Gasteiger partial charge in [-0.1, -0.05) is 18.5 Å². The molecule has 0 aliphatic carbocycles. The summed E-state index contributed by atoms with van der Waals surface area (Å²) >= 11 is 6.43. The first-order chi connectivity index (χ1) is 10.1. The molecule has 0 saturated carbocycles. The fourth-order valence-electron chi connectivity index (χ4n) is 2.40. The van der Waals surface area contributed by atoms with Crippen LogP contribution in [0.5, 0.6) is 5.75 Å². The van der Waals surface area contributed by atoms with Gasteiger partial charge in [0.25, 0.3) is 0 Å². The highest BCUT2D eigenvalue weighted by atomic mass is 35.5. The Labute approximate surface area is 130 Å². The Morgan fingerprint density at radius 2 is 2.19 bits per heavy atom. The molecule has 1 unspecified atom stereocenters. The molecule has 1 atom stereocenters. The van der Waals surface area contributed by atoms with Gasteiger partial charge in [-0.05, 0) is 19.4 Å². The lowest BCUT2D eigenvalue weighted by atomic mass is 10.0. The van der Waals surface area contributed by atoms with E-state index in [9.17, 15) is 0 Å². The van der Waals surface area contributed by atoms with E-state index in [1.54, 1.807) is 19.5 Å². The largest absolute Gasteiger partial charge is 0.495 e. The summed E-state index contributed by atoms with van der Waals surface area (Å²) in [5.41, 5.74) is 9.15. The molecule has 0 aliphatic rings. The van der Waals surface area contributed by atoms with Crippen LogP contribution in [0.2, 0.25) is 5.02 Å². The molecule has 0 aliphatic heterocycles. The van der Waals surface area contributed by atoms with Crippen LogP contribution in [-0.4, -0.2) is 21.9 Å². The average Bonchev–Trinajstić information content (AvgIpc) is 2.83. The molecule has 0 aromatic carbocycles. The van der Waals surface area contributed by atoms with E-state index in [0.29, 0.717) is 12.2 Å². The lowest BCUT2D eigenvalue weighted by molar-refractivity contribution is 0.403. The fraction of sp³-hybridized carbons (Fsp3) is 0.467. The summed E-state index contributed by atoms with van der Waals surface area (Å²) in [6.45, 7) is 4.86. The van der Waals surface area contributed by atoms with E-state index in [2.05, 4.69) is 10.1 Å². The van der Waals surface area contributed by atoms with Crippen LogP contribution in [0.15, 0.2) is 18.5 Å². The van der Waals surface area contributed by atoms with Crippen molar-refractivity contribution in [2.45, 2.75) is 39.3 Å². The number of pyridine rings is 1. The third kappa shape index (κ3) is 3.19. The van der Waals surface area contributed by atoms with Crippen LogP contribution in [0.1, 0.15) is 36.8 Å². The number of hydrogen-bond acceptors (Lipinski definition) is 4. The summed E-state index contributed by atoms with van der Waals surface area (Å²) in [5.74, 6) is 0.694. The van der Waals surface area contributed by atoms with E-state index in [4.69, 9.17) is 22.1 Å². The zero-order valence-electron chi connectivity index (χ0n) is 12.6. The maximum atomic E-state index is 6.43. The highest BCUT2D eigenvalue weighted by Gasteiger charge is 2.19. The van der Waals surface area contributed by atoms with Crippen LogP contribution < -0.4 is 10.5 Å². The van der Waals surface area contributed by atoms with Gasteiger partial charge >= 0.3 is 0 Å².